The zero-order chi connectivity index (χ0) is 15.9. The molecule has 2 aromatic rings. The quantitative estimate of drug-likeness (QED) is 0.812. The fourth-order valence-electron chi connectivity index (χ4n) is 1.83. The number of benzene rings is 1. The normalized spacial score (nSPS) is 12.1. The number of nitrogens with one attached hydrogen (secondary N) is 1. The summed E-state index contributed by atoms with van der Waals surface area (Å²) in [5.41, 5.74) is 1.24. The summed E-state index contributed by atoms with van der Waals surface area (Å²) in [6, 6.07) is 6.18. The number of hydrogen-bond donors (Lipinski definition) is 2. The van der Waals surface area contributed by atoms with Gasteiger partial charge in [-0.25, -0.2) is 9.37 Å². The van der Waals surface area contributed by atoms with Gasteiger partial charge in [-0.2, -0.15) is 0 Å². The van der Waals surface area contributed by atoms with Crippen molar-refractivity contribution in [3.63, 3.8) is 0 Å². The lowest BCUT2D eigenvalue weighted by Crippen LogP contribution is -2.34. The van der Waals surface area contributed by atoms with Gasteiger partial charge in [-0.3, -0.25) is 4.79 Å². The van der Waals surface area contributed by atoms with Crippen LogP contribution in [0.4, 0.5) is 4.39 Å². The van der Waals surface area contributed by atoms with Gasteiger partial charge < -0.3 is 15.2 Å². The predicted octanol–water partition coefficient (Wildman–Crippen LogP) is 1.61. The Balaban J connectivity index is 1.90. The molecule has 0 spiro atoms. The van der Waals surface area contributed by atoms with Gasteiger partial charge in [0.05, 0.1) is 17.7 Å². The predicted molar refractivity (Wildman–Crippen MR) is 81.5 cm³/mol. The molecule has 0 aliphatic carbocycles. The van der Waals surface area contributed by atoms with E-state index in [0.29, 0.717) is 12.1 Å². The SMILES string of the molecule is COCC(O)CNC(=O)c1csc(Cc2ccc(F)cc2)n1. The number of halogens is 1. The van der Waals surface area contributed by atoms with Crippen molar-refractivity contribution in [3.8, 4) is 0 Å². The van der Waals surface area contributed by atoms with Gasteiger partial charge in [0.2, 0.25) is 0 Å². The molecule has 2 N–H and O–H groups in total. The van der Waals surface area contributed by atoms with Gasteiger partial charge in [0.25, 0.3) is 5.91 Å². The summed E-state index contributed by atoms with van der Waals surface area (Å²) in [4.78, 5) is 16.1. The van der Waals surface area contributed by atoms with Crippen LogP contribution in [0.5, 0.6) is 0 Å². The number of methoxy groups -OCH3 is 1. The molecule has 1 unspecified atom stereocenters. The average molecular weight is 324 g/mol. The van der Waals surface area contributed by atoms with Crippen LogP contribution in [0.15, 0.2) is 29.6 Å². The lowest BCUT2D eigenvalue weighted by Gasteiger charge is -2.09. The lowest BCUT2D eigenvalue weighted by molar-refractivity contribution is 0.0609. The van der Waals surface area contributed by atoms with Crippen LogP contribution < -0.4 is 5.32 Å². The van der Waals surface area contributed by atoms with Gasteiger partial charge in [0, 0.05) is 25.5 Å². The van der Waals surface area contributed by atoms with E-state index >= 15 is 0 Å². The van der Waals surface area contributed by atoms with Crippen molar-refractivity contribution in [1.82, 2.24) is 10.3 Å². The van der Waals surface area contributed by atoms with E-state index in [9.17, 15) is 14.3 Å². The van der Waals surface area contributed by atoms with E-state index < -0.39 is 6.10 Å². The summed E-state index contributed by atoms with van der Waals surface area (Å²) in [7, 11) is 1.48. The van der Waals surface area contributed by atoms with E-state index in [-0.39, 0.29) is 24.9 Å². The first-order valence-electron chi connectivity index (χ1n) is 6.72. The smallest absolute Gasteiger partial charge is 0.270 e. The monoisotopic (exact) mass is 324 g/mol. The maximum absolute atomic E-state index is 12.8. The first kappa shape index (κ1) is 16.5. The number of hydrogen-bond acceptors (Lipinski definition) is 5. The molecule has 0 aliphatic rings. The third-order valence-corrected chi connectivity index (χ3v) is 3.76. The molecule has 22 heavy (non-hydrogen) atoms. The van der Waals surface area contributed by atoms with E-state index in [0.717, 1.165) is 10.6 Å². The minimum atomic E-state index is -0.744. The van der Waals surface area contributed by atoms with Crippen LogP contribution >= 0.6 is 11.3 Å². The molecule has 1 heterocycles. The van der Waals surface area contributed by atoms with E-state index in [1.165, 1.54) is 30.6 Å². The molecule has 0 bridgehead atoms. The maximum atomic E-state index is 12.8. The van der Waals surface area contributed by atoms with E-state index in [1.54, 1.807) is 17.5 Å². The minimum Gasteiger partial charge on any atom is -0.389 e. The topological polar surface area (TPSA) is 71.5 Å². The van der Waals surface area contributed by atoms with Crippen molar-refractivity contribution in [1.29, 1.82) is 0 Å². The Labute approximate surface area is 131 Å². The molecule has 5 nitrogen and oxygen atoms in total. The zero-order valence-electron chi connectivity index (χ0n) is 12.1. The molecule has 0 fully saturated rings. The van der Waals surface area contributed by atoms with Crippen molar-refractivity contribution >= 4 is 17.2 Å². The number of rotatable bonds is 7. The first-order chi connectivity index (χ1) is 10.6. The molecule has 2 rings (SSSR count). The van der Waals surface area contributed by atoms with Crippen LogP contribution in [0, 0.1) is 5.82 Å². The van der Waals surface area contributed by atoms with Gasteiger partial charge >= 0.3 is 0 Å². The minimum absolute atomic E-state index is 0.109. The molecule has 1 aromatic heterocycles. The summed E-state index contributed by atoms with van der Waals surface area (Å²) >= 11 is 1.37. The highest BCUT2D eigenvalue weighted by molar-refractivity contribution is 7.09. The van der Waals surface area contributed by atoms with Gasteiger partial charge in [-0.05, 0) is 17.7 Å². The Bertz CT molecular complexity index is 616. The highest BCUT2D eigenvalue weighted by Crippen LogP contribution is 2.15. The van der Waals surface area contributed by atoms with Gasteiger partial charge in [-0.15, -0.1) is 11.3 Å². The summed E-state index contributed by atoms with van der Waals surface area (Å²) in [5.74, 6) is -0.616. The summed E-state index contributed by atoms with van der Waals surface area (Å²) in [5, 5.41) is 14.5. The summed E-state index contributed by atoms with van der Waals surface area (Å²) < 4.78 is 17.6. The molecule has 0 radical (unpaired) electrons. The van der Waals surface area contributed by atoms with Crippen LogP contribution in [-0.2, 0) is 11.2 Å². The Morgan fingerprint density at radius 3 is 2.86 bits per heavy atom. The number of nitrogens with zero attached hydrogens (tertiary/aromatic N) is 1. The van der Waals surface area contributed by atoms with Crippen molar-refractivity contribution in [3.05, 3.63) is 51.7 Å². The molecule has 0 saturated heterocycles. The summed E-state index contributed by atoms with van der Waals surface area (Å²) in [6.07, 6.45) is -0.198. The Hall–Kier alpha value is -1.83. The zero-order valence-corrected chi connectivity index (χ0v) is 12.9. The second-order valence-corrected chi connectivity index (χ2v) is 5.69. The highest BCUT2D eigenvalue weighted by atomic mass is 32.1. The second-order valence-electron chi connectivity index (χ2n) is 4.75. The number of amides is 1. The number of ether oxygens (including phenoxy) is 1. The number of carbonyl (C=O) groups excluding carboxylic acids is 1. The molecule has 1 amide bonds. The average Bonchev–Trinajstić information content (AvgIpc) is 2.96. The van der Waals surface area contributed by atoms with Crippen LogP contribution in [0.2, 0.25) is 0 Å². The Morgan fingerprint density at radius 2 is 2.18 bits per heavy atom. The Kier molecular flexibility index (Phi) is 6.00. The highest BCUT2D eigenvalue weighted by Gasteiger charge is 2.12. The molecule has 7 heteroatoms. The van der Waals surface area contributed by atoms with Gasteiger partial charge in [0.15, 0.2) is 0 Å². The second kappa shape index (κ2) is 7.98. The van der Waals surface area contributed by atoms with Gasteiger partial charge in [0.1, 0.15) is 11.5 Å². The number of aliphatic hydroxyl groups excluding tert-OH is 1. The first-order valence-corrected chi connectivity index (χ1v) is 7.60. The molecule has 1 aromatic carbocycles. The molecule has 118 valence electrons. The number of aromatic nitrogens is 1. The lowest BCUT2D eigenvalue weighted by atomic mass is 10.1. The van der Waals surface area contributed by atoms with Crippen LogP contribution in [0.25, 0.3) is 0 Å². The third-order valence-electron chi connectivity index (χ3n) is 2.91. The Morgan fingerprint density at radius 1 is 1.45 bits per heavy atom. The third kappa shape index (κ3) is 4.87. The van der Waals surface area contributed by atoms with Crippen LogP contribution in [-0.4, -0.2) is 42.4 Å². The molecule has 1 atom stereocenters. The van der Waals surface area contributed by atoms with Crippen LogP contribution in [0.3, 0.4) is 0 Å². The van der Waals surface area contributed by atoms with Crippen LogP contribution in [0.1, 0.15) is 21.1 Å². The van der Waals surface area contributed by atoms with E-state index in [4.69, 9.17) is 4.74 Å². The van der Waals surface area contributed by atoms with Gasteiger partial charge in [-0.1, -0.05) is 12.1 Å². The number of thiazole rings is 1. The molecular formula is C15H17FN2O3S. The van der Waals surface area contributed by atoms with E-state index in [1.807, 2.05) is 0 Å². The fraction of sp³-hybridized carbons (Fsp3) is 0.333. The van der Waals surface area contributed by atoms with Crippen molar-refractivity contribution in [2.24, 2.45) is 0 Å². The largest absolute Gasteiger partial charge is 0.389 e. The standard InChI is InChI=1S/C15H17FN2O3S/c1-21-8-12(19)7-17-15(20)13-9-22-14(18-13)6-10-2-4-11(16)5-3-10/h2-5,9,12,19H,6-8H2,1H3,(H,17,20). The fourth-order valence-corrected chi connectivity index (χ4v) is 2.63. The molecule has 0 saturated carbocycles. The summed E-state index contributed by atoms with van der Waals surface area (Å²) in [6.45, 7) is 0.269. The van der Waals surface area contributed by atoms with Crippen molar-refractivity contribution in [2.45, 2.75) is 12.5 Å². The molecule has 0 aliphatic heterocycles. The number of carbonyl (C=O) groups is 1. The number of aliphatic hydroxyl groups is 1. The van der Waals surface area contributed by atoms with Crippen molar-refractivity contribution in [2.75, 3.05) is 20.3 Å². The molecular weight excluding hydrogens is 307 g/mol. The van der Waals surface area contributed by atoms with E-state index in [2.05, 4.69) is 10.3 Å². The maximum Gasteiger partial charge on any atom is 0.270 e. The van der Waals surface area contributed by atoms with Crippen molar-refractivity contribution < 1.29 is 19.0 Å².